The molecule has 24 heavy (non-hydrogen) atoms. The third kappa shape index (κ3) is 4.04. The van der Waals surface area contributed by atoms with Crippen LogP contribution in [0.15, 0.2) is 24.3 Å². The van der Waals surface area contributed by atoms with E-state index in [1.165, 1.54) is 0 Å². The molecule has 0 aromatic heterocycles. The van der Waals surface area contributed by atoms with Crippen molar-refractivity contribution < 1.29 is 18.7 Å². The zero-order valence-corrected chi connectivity index (χ0v) is 13.7. The molecule has 0 spiro atoms. The maximum absolute atomic E-state index is 13.2. The third-order valence-corrected chi connectivity index (χ3v) is 5.05. The van der Waals surface area contributed by atoms with E-state index in [0.717, 1.165) is 24.5 Å². The van der Waals surface area contributed by atoms with Crippen molar-refractivity contribution in [3.05, 3.63) is 24.3 Å². The van der Waals surface area contributed by atoms with E-state index in [1.54, 1.807) is 0 Å². The smallest absolute Gasteiger partial charge is 0.248 e. The summed E-state index contributed by atoms with van der Waals surface area (Å²) in [6, 6.07) is 7.56. The highest BCUT2D eigenvalue weighted by atomic mass is 19.3. The van der Waals surface area contributed by atoms with Gasteiger partial charge in [0, 0.05) is 31.8 Å². The van der Waals surface area contributed by atoms with Gasteiger partial charge in [0.2, 0.25) is 11.8 Å². The average Bonchev–Trinajstić information content (AvgIpc) is 2.56. The van der Waals surface area contributed by atoms with Crippen molar-refractivity contribution in [2.75, 3.05) is 23.3 Å². The van der Waals surface area contributed by atoms with Crippen molar-refractivity contribution in [1.82, 2.24) is 0 Å². The third-order valence-electron chi connectivity index (χ3n) is 5.05. The number of rotatable bonds is 3. The summed E-state index contributed by atoms with van der Waals surface area (Å²) in [6.07, 6.45) is 1.20. The summed E-state index contributed by atoms with van der Waals surface area (Å²) < 4.78 is 26.5. The molecule has 1 heterocycles. The van der Waals surface area contributed by atoms with Crippen molar-refractivity contribution >= 4 is 17.3 Å². The van der Waals surface area contributed by atoms with Gasteiger partial charge in [-0.1, -0.05) is 12.1 Å². The second-order valence-electron chi connectivity index (χ2n) is 6.85. The lowest BCUT2D eigenvalue weighted by atomic mass is 9.86. The molecular formula is C18H24F2N2O2. The first-order valence-corrected chi connectivity index (χ1v) is 8.65. The van der Waals surface area contributed by atoms with Crippen LogP contribution >= 0.6 is 0 Å². The number of nitrogens with one attached hydrogen (secondary N) is 1. The molecule has 6 heteroatoms. The summed E-state index contributed by atoms with van der Waals surface area (Å²) in [6.45, 7) is 1.48. The highest BCUT2D eigenvalue weighted by Gasteiger charge is 2.37. The van der Waals surface area contributed by atoms with Crippen LogP contribution in [0.25, 0.3) is 0 Å². The highest BCUT2D eigenvalue weighted by molar-refractivity contribution is 5.95. The Morgan fingerprint density at radius 3 is 2.42 bits per heavy atom. The number of amides is 1. The topological polar surface area (TPSA) is 52.6 Å². The first-order valence-electron chi connectivity index (χ1n) is 8.65. The van der Waals surface area contributed by atoms with Gasteiger partial charge in [-0.15, -0.1) is 0 Å². The molecule has 1 aromatic rings. The fourth-order valence-electron chi connectivity index (χ4n) is 3.50. The number of carbonyl (C=O) groups excluding carboxylic acids is 1. The minimum atomic E-state index is -2.62. The van der Waals surface area contributed by atoms with Gasteiger partial charge in [-0.05, 0) is 37.8 Å². The SMILES string of the molecule is O=C(Nc1ccccc1N1CCC(O)CC1)C1CCC(F)(F)CC1. The lowest BCUT2D eigenvalue weighted by Gasteiger charge is -2.33. The maximum atomic E-state index is 13.2. The molecule has 2 aliphatic rings. The number of carbonyl (C=O) groups is 1. The number of hydrogen-bond donors (Lipinski definition) is 2. The predicted octanol–water partition coefficient (Wildman–Crippen LogP) is 3.41. The number of nitrogens with zero attached hydrogens (tertiary/aromatic N) is 1. The monoisotopic (exact) mass is 338 g/mol. The van der Waals surface area contributed by atoms with Gasteiger partial charge in [0.15, 0.2) is 0 Å². The van der Waals surface area contributed by atoms with Crippen LogP contribution in [0.4, 0.5) is 20.2 Å². The molecule has 4 nitrogen and oxygen atoms in total. The standard InChI is InChI=1S/C18H24F2N2O2/c19-18(20)9-5-13(6-10-18)17(24)21-15-3-1-2-4-16(15)22-11-7-14(23)8-12-22/h1-4,13-14,23H,5-12H2,(H,21,24). The molecule has 0 unspecified atom stereocenters. The van der Waals surface area contributed by atoms with Crippen LogP contribution in [0.3, 0.4) is 0 Å². The molecule has 1 saturated carbocycles. The van der Waals surface area contributed by atoms with Crippen LogP contribution in [0, 0.1) is 5.92 Å². The Morgan fingerprint density at radius 1 is 1.12 bits per heavy atom. The molecule has 0 bridgehead atoms. The largest absolute Gasteiger partial charge is 0.393 e. The van der Waals surface area contributed by atoms with Crippen LogP contribution < -0.4 is 10.2 Å². The molecule has 1 saturated heterocycles. The van der Waals surface area contributed by atoms with Gasteiger partial charge < -0.3 is 15.3 Å². The molecule has 1 aromatic carbocycles. The van der Waals surface area contributed by atoms with Gasteiger partial charge in [-0.3, -0.25) is 4.79 Å². The number of alkyl halides is 2. The van der Waals surface area contributed by atoms with E-state index in [0.29, 0.717) is 12.8 Å². The Kier molecular flexibility index (Phi) is 5.04. The van der Waals surface area contributed by atoms with Crippen molar-refractivity contribution in [2.24, 2.45) is 5.92 Å². The van der Waals surface area contributed by atoms with Crippen LogP contribution in [-0.4, -0.2) is 36.1 Å². The first kappa shape index (κ1) is 17.1. The zero-order chi connectivity index (χ0) is 17.2. The quantitative estimate of drug-likeness (QED) is 0.888. The minimum Gasteiger partial charge on any atom is -0.393 e. The van der Waals surface area contributed by atoms with E-state index in [4.69, 9.17) is 0 Å². The van der Waals surface area contributed by atoms with Gasteiger partial charge >= 0.3 is 0 Å². The summed E-state index contributed by atoms with van der Waals surface area (Å²) in [5, 5.41) is 12.6. The first-order chi connectivity index (χ1) is 11.4. The summed E-state index contributed by atoms with van der Waals surface area (Å²) in [7, 11) is 0. The summed E-state index contributed by atoms with van der Waals surface area (Å²) >= 11 is 0. The Hall–Kier alpha value is -1.69. The molecule has 2 fully saturated rings. The molecule has 2 N–H and O–H groups in total. The maximum Gasteiger partial charge on any atom is 0.248 e. The average molecular weight is 338 g/mol. The zero-order valence-electron chi connectivity index (χ0n) is 13.7. The van der Waals surface area contributed by atoms with Crippen LogP contribution in [-0.2, 0) is 4.79 Å². The molecule has 1 aliphatic carbocycles. The summed E-state index contributed by atoms with van der Waals surface area (Å²) in [5.41, 5.74) is 1.65. The van der Waals surface area contributed by atoms with E-state index in [1.807, 2.05) is 24.3 Å². The van der Waals surface area contributed by atoms with Gasteiger partial charge in [-0.2, -0.15) is 0 Å². The van der Waals surface area contributed by atoms with Crippen LogP contribution in [0.1, 0.15) is 38.5 Å². The lowest BCUT2D eigenvalue weighted by Crippen LogP contribution is -2.37. The van der Waals surface area contributed by atoms with Crippen LogP contribution in [0.5, 0.6) is 0 Å². The van der Waals surface area contributed by atoms with Crippen molar-refractivity contribution in [3.8, 4) is 0 Å². The second-order valence-corrected chi connectivity index (χ2v) is 6.85. The minimum absolute atomic E-state index is 0.171. The number of aliphatic hydroxyl groups is 1. The number of aliphatic hydroxyl groups excluding tert-OH is 1. The number of halogens is 2. The molecule has 0 atom stereocenters. The van der Waals surface area contributed by atoms with E-state index in [2.05, 4.69) is 10.2 Å². The van der Waals surface area contributed by atoms with Gasteiger partial charge in [0.25, 0.3) is 0 Å². The van der Waals surface area contributed by atoms with Crippen molar-refractivity contribution in [2.45, 2.75) is 50.6 Å². The van der Waals surface area contributed by atoms with Crippen molar-refractivity contribution in [1.29, 1.82) is 0 Å². The molecular weight excluding hydrogens is 314 g/mol. The van der Waals surface area contributed by atoms with E-state index in [9.17, 15) is 18.7 Å². The number of benzene rings is 1. The van der Waals surface area contributed by atoms with Gasteiger partial charge in [0.1, 0.15) is 0 Å². The number of hydrogen-bond acceptors (Lipinski definition) is 3. The molecule has 132 valence electrons. The van der Waals surface area contributed by atoms with Gasteiger partial charge in [0.05, 0.1) is 17.5 Å². The molecule has 1 amide bonds. The van der Waals surface area contributed by atoms with Crippen molar-refractivity contribution in [3.63, 3.8) is 0 Å². The number of anilines is 2. The molecule has 1 aliphatic heterocycles. The second kappa shape index (κ2) is 7.05. The number of piperidine rings is 1. The van der Waals surface area contributed by atoms with E-state index < -0.39 is 5.92 Å². The summed E-state index contributed by atoms with van der Waals surface area (Å²) in [4.78, 5) is 14.6. The summed E-state index contributed by atoms with van der Waals surface area (Å²) in [5.74, 6) is -3.14. The Labute approximate surface area is 140 Å². The predicted molar refractivity (Wildman–Crippen MR) is 89.4 cm³/mol. The fourth-order valence-corrected chi connectivity index (χ4v) is 3.50. The lowest BCUT2D eigenvalue weighted by molar-refractivity contribution is -0.124. The van der Waals surface area contributed by atoms with Gasteiger partial charge in [-0.25, -0.2) is 8.78 Å². The molecule has 3 rings (SSSR count). The Morgan fingerprint density at radius 2 is 1.75 bits per heavy atom. The normalized spacial score (nSPS) is 22.4. The van der Waals surface area contributed by atoms with E-state index in [-0.39, 0.29) is 43.6 Å². The van der Waals surface area contributed by atoms with Crippen LogP contribution in [0.2, 0.25) is 0 Å². The highest BCUT2D eigenvalue weighted by Crippen LogP contribution is 2.37. The Bertz CT molecular complexity index is 576. The van der Waals surface area contributed by atoms with E-state index >= 15 is 0 Å². The molecule has 0 radical (unpaired) electrons. The Balaban J connectivity index is 1.66. The number of para-hydroxylation sites is 2. The fraction of sp³-hybridized carbons (Fsp3) is 0.611.